The number of phenolic OH excluding ortho intramolecular Hbond substituents is 1. The summed E-state index contributed by atoms with van der Waals surface area (Å²) in [7, 11) is 0. The van der Waals surface area contributed by atoms with Crippen molar-refractivity contribution >= 4 is 11.0 Å². The summed E-state index contributed by atoms with van der Waals surface area (Å²) in [5, 5.41) is 13.5. The van der Waals surface area contributed by atoms with E-state index >= 15 is 0 Å². The van der Waals surface area contributed by atoms with Crippen molar-refractivity contribution in [3.63, 3.8) is 0 Å². The van der Waals surface area contributed by atoms with Crippen molar-refractivity contribution in [2.24, 2.45) is 0 Å². The molecule has 8 rings (SSSR count). The van der Waals surface area contributed by atoms with E-state index in [9.17, 15) is 7.85 Å². The van der Waals surface area contributed by atoms with Gasteiger partial charge in [-0.1, -0.05) is 220 Å². The van der Waals surface area contributed by atoms with Crippen LogP contribution in [0.15, 0.2) is 121 Å². The van der Waals surface area contributed by atoms with Crippen LogP contribution in [0.25, 0.3) is 72.7 Å². The van der Waals surface area contributed by atoms with E-state index in [4.69, 9.17) is 38.8 Å². The standard InChI is InChI=1S/C67H78N3O.Pt/c1-41-40-68-56(39-51(41)43-28-30-46(31-29-43)62(2,3)4)45-32-44(33-47(34-45)63(5,6)7)50-26-23-27-57-58(50)69-61(53-36-49(65(11,12)13)38-55(60(53)71)67(17,18)19)70(57)59-52(42-24-21-20-22-25-42)35-48(64(8,9)10)37-54(59)66(14,15)16;/h20-31,33-40,71H,1-19H3;/q-1;/i1D3,11D3,12D3,13D3,17D3,18D3,19D3,36D,38D;. The van der Waals surface area contributed by atoms with Crippen LogP contribution in [0.2, 0.25) is 0 Å². The van der Waals surface area contributed by atoms with Gasteiger partial charge >= 0.3 is 0 Å². The van der Waals surface area contributed by atoms with Crippen LogP contribution in [0.5, 0.6) is 5.75 Å². The van der Waals surface area contributed by atoms with Crippen molar-refractivity contribution < 1.29 is 57.7 Å². The molecule has 0 aliphatic rings. The first-order valence-corrected chi connectivity index (χ1v) is 23.7. The van der Waals surface area contributed by atoms with Gasteiger partial charge in [0, 0.05) is 72.9 Å². The van der Waals surface area contributed by atoms with E-state index in [1.807, 2.05) is 111 Å². The van der Waals surface area contributed by atoms with E-state index in [1.54, 1.807) is 54.6 Å². The van der Waals surface area contributed by atoms with Crippen LogP contribution in [-0.2, 0) is 53.6 Å². The van der Waals surface area contributed by atoms with Gasteiger partial charge in [-0.25, -0.2) is 4.98 Å². The Kier molecular flexibility index (Phi) is 8.26. The van der Waals surface area contributed by atoms with Gasteiger partial charge in [-0.3, -0.25) is 9.55 Å². The minimum Gasteiger partial charge on any atom is -0.507 e. The largest absolute Gasteiger partial charge is 0.507 e. The van der Waals surface area contributed by atoms with Gasteiger partial charge in [-0.05, 0) is 102 Å². The molecule has 0 fully saturated rings. The van der Waals surface area contributed by atoms with Gasteiger partial charge in [0.2, 0.25) is 0 Å². The van der Waals surface area contributed by atoms with E-state index in [1.165, 1.54) is 10.8 Å². The van der Waals surface area contributed by atoms with Crippen LogP contribution in [0, 0.1) is 12.9 Å². The number of aryl methyl sites for hydroxylation is 1. The fourth-order valence-corrected chi connectivity index (χ4v) is 8.85. The first-order chi connectivity index (χ1) is 42.4. The number of nitrogens with zero attached hydrogens (tertiary/aromatic N) is 3. The molecule has 8 aromatic rings. The monoisotopic (exact) mass is 1160 g/mol. The Morgan fingerprint density at radius 2 is 1.14 bits per heavy atom. The Morgan fingerprint density at radius 3 is 1.74 bits per heavy atom. The molecule has 0 atom stereocenters. The first kappa shape index (κ1) is 31.2. The summed E-state index contributed by atoms with van der Waals surface area (Å²) in [6.45, 7) is -5.11. The first-order valence-electron chi connectivity index (χ1n) is 35.2. The number of rotatable bonds is 6. The van der Waals surface area contributed by atoms with E-state index in [0.717, 1.165) is 11.1 Å². The zero-order valence-electron chi connectivity index (χ0n) is 66.0. The molecule has 0 saturated heterocycles. The average Bonchev–Trinajstić information content (AvgIpc) is 1.18. The minimum absolute atomic E-state index is 0. The second-order valence-corrected chi connectivity index (χ2v) is 22.8. The van der Waals surface area contributed by atoms with Gasteiger partial charge in [-0.2, -0.15) is 0 Å². The molecule has 378 valence electrons. The Labute approximate surface area is 479 Å². The predicted molar refractivity (Wildman–Crippen MR) is 303 cm³/mol. The van der Waals surface area contributed by atoms with Crippen molar-refractivity contribution in [3.8, 4) is 67.5 Å². The summed E-state index contributed by atoms with van der Waals surface area (Å²) >= 11 is 0. The number of benzene rings is 6. The van der Waals surface area contributed by atoms with Crippen molar-refractivity contribution in [1.82, 2.24) is 14.5 Å². The molecule has 0 spiro atoms. The molecule has 2 aromatic heterocycles. The van der Waals surface area contributed by atoms with Crippen molar-refractivity contribution in [2.75, 3.05) is 0 Å². The van der Waals surface area contributed by atoms with Crippen molar-refractivity contribution in [2.45, 2.75) is 164 Å². The summed E-state index contributed by atoms with van der Waals surface area (Å²) in [6, 6.07) is 30.5. The molecule has 0 aliphatic heterocycles. The molecule has 0 bridgehead atoms. The number of hydrogen-bond acceptors (Lipinski definition) is 3. The van der Waals surface area contributed by atoms with Crippen LogP contribution in [-0.4, -0.2) is 19.6 Å². The quantitative estimate of drug-likeness (QED) is 0.169. The second kappa shape index (κ2) is 19.0. The normalized spacial score (nSPS) is 18.8. The van der Waals surface area contributed by atoms with E-state index < -0.39 is 115 Å². The molecular formula is C67H78N3OPt-. The molecular weight excluding hydrogens is 1060 g/mol. The van der Waals surface area contributed by atoms with Crippen molar-refractivity contribution in [1.29, 1.82) is 0 Å². The number of hydrogen-bond donors (Lipinski definition) is 1. The van der Waals surface area contributed by atoms with Gasteiger partial charge < -0.3 is 5.11 Å². The fourth-order valence-electron chi connectivity index (χ4n) is 8.85. The molecule has 1 N–H and O–H groups in total. The van der Waals surface area contributed by atoms with E-state index in [2.05, 4.69) is 26.8 Å². The Hall–Kier alpha value is -5.57. The fraction of sp³-hybridized carbons (Fsp3) is 0.373. The summed E-state index contributed by atoms with van der Waals surface area (Å²) < 4.78 is 208. The molecule has 72 heavy (non-hydrogen) atoms. The molecule has 0 unspecified atom stereocenters. The van der Waals surface area contributed by atoms with Gasteiger partial charge in [0.15, 0.2) is 0 Å². The molecule has 4 nitrogen and oxygen atoms in total. The van der Waals surface area contributed by atoms with Gasteiger partial charge in [0.1, 0.15) is 11.6 Å². The molecule has 0 saturated carbocycles. The summed E-state index contributed by atoms with van der Waals surface area (Å²) in [5.41, 5.74) is -9.79. The Balaban J connectivity index is 0.0000128. The third-order valence-electron chi connectivity index (χ3n) is 13.0. The maximum atomic E-state index is 13.5. The van der Waals surface area contributed by atoms with Crippen LogP contribution >= 0.6 is 0 Å². The molecule has 0 aliphatic carbocycles. The zero-order valence-corrected chi connectivity index (χ0v) is 45.3. The van der Waals surface area contributed by atoms with Crippen LogP contribution in [0.3, 0.4) is 0 Å². The summed E-state index contributed by atoms with van der Waals surface area (Å²) in [6.07, 6.45) is 1.30. The third-order valence-corrected chi connectivity index (χ3v) is 13.0. The van der Waals surface area contributed by atoms with Crippen LogP contribution in [0.1, 0.15) is 195 Å². The number of aromatic nitrogens is 3. The molecule has 6 aromatic carbocycles. The SMILES string of the molecule is [2H]c1c(-c2nc3c(-c4[c-]c(-c5cc(-c6ccc(C(C)(C)C)cc6)c(C([2H])([2H])[2H])cn5)cc(C(C)(C)C)c4)cccc3n2-c2c(-c3ccccc3)cc(C(C)(C)C)cc2C(C)(C)C)c(O)c(C(C([2H])([2H])[2H])(C([2H])([2H])[2H])C([2H])([2H])[2H])c([2H])c1C(C([2H])([2H])[2H])(C([2H])([2H])[2H])C([2H])([2H])[2H].[Pt]. The van der Waals surface area contributed by atoms with Gasteiger partial charge in [-0.15, -0.1) is 29.3 Å². The van der Waals surface area contributed by atoms with Crippen LogP contribution in [0.4, 0.5) is 0 Å². The number of imidazole rings is 1. The molecule has 5 heteroatoms. The topological polar surface area (TPSA) is 50.9 Å². The Morgan fingerprint density at radius 1 is 0.528 bits per heavy atom. The van der Waals surface area contributed by atoms with E-state index in [-0.39, 0.29) is 54.3 Å². The smallest absolute Gasteiger partial charge is 0.148 e. The third kappa shape index (κ3) is 10.7. The molecule has 2 heterocycles. The summed E-state index contributed by atoms with van der Waals surface area (Å²) in [4.78, 5) is 9.97. The summed E-state index contributed by atoms with van der Waals surface area (Å²) in [5.74, 6) is -2.44. The number of phenols is 1. The average molecular weight is 1160 g/mol. The predicted octanol–water partition coefficient (Wildman–Crippen LogP) is 18.4. The number of fused-ring (bicyclic) bond motifs is 1. The maximum absolute atomic E-state index is 13.5. The molecule has 0 radical (unpaired) electrons. The number of aromatic hydroxyl groups is 1. The van der Waals surface area contributed by atoms with Gasteiger partial charge in [0.05, 0.1) is 25.0 Å². The molecule has 0 amide bonds. The van der Waals surface area contributed by atoms with Crippen molar-refractivity contribution in [3.05, 3.63) is 166 Å². The number of para-hydroxylation sites is 1. The second-order valence-electron chi connectivity index (χ2n) is 22.8. The van der Waals surface area contributed by atoms with Crippen LogP contribution < -0.4 is 0 Å². The minimum atomic E-state index is -4.48. The zero-order chi connectivity index (χ0) is 71.2. The number of pyridine rings is 1. The maximum Gasteiger partial charge on any atom is 0.148 e. The van der Waals surface area contributed by atoms with Gasteiger partial charge in [0.25, 0.3) is 0 Å². The Bertz CT molecular complexity index is 4070. The van der Waals surface area contributed by atoms with E-state index in [0.29, 0.717) is 50.2 Å².